The van der Waals surface area contributed by atoms with Gasteiger partial charge in [0, 0.05) is 12.4 Å². The van der Waals surface area contributed by atoms with Crippen LogP contribution in [0.15, 0.2) is 42.6 Å². The van der Waals surface area contributed by atoms with Crippen molar-refractivity contribution in [1.29, 1.82) is 0 Å². The molecule has 0 spiro atoms. The maximum Gasteiger partial charge on any atom is 0.320 e. The fourth-order valence-electron chi connectivity index (χ4n) is 3.27. The molecule has 0 unspecified atom stereocenters. The summed E-state index contributed by atoms with van der Waals surface area (Å²) in [6.45, 7) is 0.576. The minimum atomic E-state index is -0.277. The maximum absolute atomic E-state index is 12.5. The zero-order chi connectivity index (χ0) is 17.9. The summed E-state index contributed by atoms with van der Waals surface area (Å²) in [4.78, 5) is 17.0. The molecular formula is C19H21N5O2. The molecule has 0 saturated carbocycles. The highest BCUT2D eigenvalue weighted by atomic mass is 16.5. The first-order chi connectivity index (χ1) is 12.7. The van der Waals surface area contributed by atoms with Gasteiger partial charge in [-0.3, -0.25) is 10.00 Å². The smallest absolute Gasteiger partial charge is 0.320 e. The SMILES string of the molecule is Cn1ncc2cc3nc(c21)OCCCC[C@H](c1ccccc1)NC(=O)N3. The van der Waals surface area contributed by atoms with Gasteiger partial charge in [-0.25, -0.2) is 4.79 Å². The maximum atomic E-state index is 12.5. The largest absolute Gasteiger partial charge is 0.476 e. The van der Waals surface area contributed by atoms with Gasteiger partial charge in [0.25, 0.3) is 0 Å². The topological polar surface area (TPSA) is 81.1 Å². The molecular weight excluding hydrogens is 330 g/mol. The van der Waals surface area contributed by atoms with E-state index in [1.54, 1.807) is 16.9 Å². The number of aryl methyl sites for hydroxylation is 1. The molecule has 3 heterocycles. The summed E-state index contributed by atoms with van der Waals surface area (Å²) >= 11 is 0. The van der Waals surface area contributed by atoms with E-state index in [0.29, 0.717) is 18.3 Å². The number of carbonyl (C=O) groups excluding carboxylic acids is 1. The number of urea groups is 1. The molecule has 7 heteroatoms. The van der Waals surface area contributed by atoms with Crippen molar-refractivity contribution in [3.8, 4) is 5.88 Å². The highest BCUT2D eigenvalue weighted by molar-refractivity contribution is 5.92. The Balaban J connectivity index is 1.64. The number of hydrogen-bond acceptors (Lipinski definition) is 4. The van der Waals surface area contributed by atoms with Crippen molar-refractivity contribution in [2.75, 3.05) is 11.9 Å². The summed E-state index contributed by atoms with van der Waals surface area (Å²) < 4.78 is 7.64. The number of aromatic nitrogens is 3. The van der Waals surface area contributed by atoms with Crippen molar-refractivity contribution >= 4 is 22.8 Å². The zero-order valence-corrected chi connectivity index (χ0v) is 14.6. The van der Waals surface area contributed by atoms with Crippen LogP contribution in [0.5, 0.6) is 5.88 Å². The summed E-state index contributed by atoms with van der Waals surface area (Å²) in [5.74, 6) is 0.948. The van der Waals surface area contributed by atoms with Gasteiger partial charge in [0.15, 0.2) is 0 Å². The quantitative estimate of drug-likeness (QED) is 0.704. The average molecular weight is 351 g/mol. The van der Waals surface area contributed by atoms with Crippen LogP contribution in [0.4, 0.5) is 10.6 Å². The number of anilines is 1. The Kier molecular flexibility index (Phi) is 4.43. The molecule has 1 aliphatic heterocycles. The molecule has 2 aromatic heterocycles. The van der Waals surface area contributed by atoms with E-state index >= 15 is 0 Å². The highest BCUT2D eigenvalue weighted by Crippen LogP contribution is 2.27. The van der Waals surface area contributed by atoms with E-state index in [1.807, 2.05) is 37.4 Å². The molecule has 1 atom stereocenters. The van der Waals surface area contributed by atoms with Crippen LogP contribution in [-0.2, 0) is 7.05 Å². The van der Waals surface area contributed by atoms with Gasteiger partial charge in [-0.05, 0) is 30.9 Å². The fraction of sp³-hybridized carbons (Fsp3) is 0.316. The van der Waals surface area contributed by atoms with E-state index in [4.69, 9.17) is 4.74 Å². The Morgan fingerprint density at radius 1 is 1.23 bits per heavy atom. The standard InChI is InChI=1S/C19H21N5O2/c1-24-17-14(12-20-24)11-16-22-18(17)26-10-6-5-9-15(21-19(25)23-16)13-7-3-2-4-8-13/h2-4,7-8,11-12,15H,5-6,9-10H2,1H3,(H2,21,22,23,25)/t15-/m1/s1. The molecule has 2 N–H and O–H groups in total. The average Bonchev–Trinajstić information content (AvgIpc) is 3.01. The van der Waals surface area contributed by atoms with Gasteiger partial charge in [0.2, 0.25) is 5.88 Å². The van der Waals surface area contributed by atoms with Crippen LogP contribution in [0.25, 0.3) is 10.9 Å². The Morgan fingerprint density at radius 3 is 2.92 bits per heavy atom. The van der Waals surface area contributed by atoms with Crippen molar-refractivity contribution in [2.24, 2.45) is 7.05 Å². The number of nitrogens with one attached hydrogen (secondary N) is 2. The van der Waals surface area contributed by atoms with Gasteiger partial charge in [0.05, 0.1) is 18.8 Å². The van der Waals surface area contributed by atoms with Crippen LogP contribution in [0.3, 0.4) is 0 Å². The molecule has 4 rings (SSSR count). The van der Waals surface area contributed by atoms with Crippen molar-refractivity contribution in [2.45, 2.75) is 25.3 Å². The predicted octanol–water partition coefficient (Wildman–Crippen LogP) is 3.39. The van der Waals surface area contributed by atoms with E-state index in [2.05, 4.69) is 20.7 Å². The van der Waals surface area contributed by atoms with E-state index < -0.39 is 0 Å². The molecule has 0 aliphatic carbocycles. The van der Waals surface area contributed by atoms with Crippen molar-refractivity contribution in [3.05, 3.63) is 48.2 Å². The highest BCUT2D eigenvalue weighted by Gasteiger charge is 2.18. The van der Waals surface area contributed by atoms with Gasteiger partial charge in [0.1, 0.15) is 11.3 Å². The lowest BCUT2D eigenvalue weighted by Crippen LogP contribution is -2.33. The molecule has 1 aromatic carbocycles. The number of carbonyl (C=O) groups is 1. The van der Waals surface area contributed by atoms with Crippen molar-refractivity contribution < 1.29 is 9.53 Å². The molecule has 7 nitrogen and oxygen atoms in total. The molecule has 2 bridgehead atoms. The Morgan fingerprint density at radius 2 is 2.08 bits per heavy atom. The minimum Gasteiger partial charge on any atom is -0.476 e. The van der Waals surface area contributed by atoms with Crippen LogP contribution in [0, 0.1) is 0 Å². The second-order valence-electron chi connectivity index (χ2n) is 6.42. The van der Waals surface area contributed by atoms with Gasteiger partial charge >= 0.3 is 6.03 Å². The van der Waals surface area contributed by atoms with Crippen LogP contribution < -0.4 is 15.4 Å². The third kappa shape index (κ3) is 3.33. The summed E-state index contributed by atoms with van der Waals surface area (Å²) in [6, 6.07) is 11.5. The van der Waals surface area contributed by atoms with E-state index in [0.717, 1.165) is 35.7 Å². The predicted molar refractivity (Wildman–Crippen MR) is 99.2 cm³/mol. The first kappa shape index (κ1) is 16.4. The van der Waals surface area contributed by atoms with Gasteiger partial charge < -0.3 is 10.1 Å². The number of rotatable bonds is 1. The number of hydrogen-bond donors (Lipinski definition) is 2. The lowest BCUT2D eigenvalue weighted by molar-refractivity contribution is 0.246. The Labute approximate surface area is 151 Å². The lowest BCUT2D eigenvalue weighted by Gasteiger charge is -2.20. The number of nitrogens with zero attached hydrogens (tertiary/aromatic N) is 3. The van der Waals surface area contributed by atoms with E-state index in [9.17, 15) is 4.79 Å². The third-order valence-electron chi connectivity index (χ3n) is 4.56. The van der Waals surface area contributed by atoms with E-state index in [-0.39, 0.29) is 12.1 Å². The molecule has 0 fully saturated rings. The first-order valence-corrected chi connectivity index (χ1v) is 8.79. The normalized spacial score (nSPS) is 18.2. The van der Waals surface area contributed by atoms with Crippen LogP contribution in [-0.4, -0.2) is 27.4 Å². The number of fused-ring (bicyclic) bond motifs is 4. The lowest BCUT2D eigenvalue weighted by atomic mass is 10.0. The summed E-state index contributed by atoms with van der Waals surface area (Å²) in [5, 5.41) is 11.0. The number of amides is 2. The van der Waals surface area contributed by atoms with Gasteiger partial charge in [-0.15, -0.1) is 0 Å². The molecule has 1 aliphatic rings. The fourth-order valence-corrected chi connectivity index (χ4v) is 3.27. The van der Waals surface area contributed by atoms with Crippen LogP contribution in [0.2, 0.25) is 0 Å². The van der Waals surface area contributed by atoms with Gasteiger partial charge in [-0.1, -0.05) is 30.3 Å². The Hall–Kier alpha value is -3.09. The molecule has 134 valence electrons. The van der Waals surface area contributed by atoms with Gasteiger partial charge in [-0.2, -0.15) is 10.1 Å². The number of ether oxygens (including phenoxy) is 1. The molecule has 2 amide bonds. The van der Waals surface area contributed by atoms with Crippen molar-refractivity contribution in [1.82, 2.24) is 20.1 Å². The summed E-state index contributed by atoms with van der Waals surface area (Å²) in [6.07, 6.45) is 4.42. The third-order valence-corrected chi connectivity index (χ3v) is 4.56. The Bertz CT molecular complexity index is 922. The number of pyridine rings is 1. The van der Waals surface area contributed by atoms with E-state index in [1.165, 1.54) is 0 Å². The molecule has 26 heavy (non-hydrogen) atoms. The molecule has 0 saturated heterocycles. The first-order valence-electron chi connectivity index (χ1n) is 8.79. The van der Waals surface area contributed by atoms with Crippen molar-refractivity contribution in [3.63, 3.8) is 0 Å². The monoisotopic (exact) mass is 351 g/mol. The zero-order valence-electron chi connectivity index (χ0n) is 14.6. The number of benzene rings is 1. The van der Waals surface area contributed by atoms with Crippen LogP contribution >= 0.6 is 0 Å². The minimum absolute atomic E-state index is 0.0442. The van der Waals surface area contributed by atoms with Crippen LogP contribution in [0.1, 0.15) is 30.9 Å². The second-order valence-corrected chi connectivity index (χ2v) is 6.42. The summed E-state index contributed by atoms with van der Waals surface area (Å²) in [7, 11) is 1.85. The molecule has 0 radical (unpaired) electrons. The summed E-state index contributed by atoms with van der Waals surface area (Å²) in [5.41, 5.74) is 1.92. The molecule has 3 aromatic rings. The second kappa shape index (κ2) is 7.03.